The molecule has 1 aromatic carbocycles. The molecule has 0 radical (unpaired) electrons. The van der Waals surface area contributed by atoms with Crippen LogP contribution in [-0.2, 0) is 9.53 Å². The zero-order valence-corrected chi connectivity index (χ0v) is 16.1. The van der Waals surface area contributed by atoms with Crippen molar-refractivity contribution in [2.24, 2.45) is 0 Å². The maximum atomic E-state index is 12.3. The van der Waals surface area contributed by atoms with Gasteiger partial charge in [0.25, 0.3) is 0 Å². The van der Waals surface area contributed by atoms with Crippen LogP contribution in [0.25, 0.3) is 0 Å². The van der Waals surface area contributed by atoms with Crippen LogP contribution in [0.1, 0.15) is 32.9 Å². The van der Waals surface area contributed by atoms with Crippen molar-refractivity contribution >= 4 is 28.9 Å². The van der Waals surface area contributed by atoms with Crippen LogP contribution < -0.4 is 14.2 Å². The van der Waals surface area contributed by atoms with Crippen LogP contribution in [0.15, 0.2) is 29.6 Å². The van der Waals surface area contributed by atoms with Gasteiger partial charge < -0.3 is 18.9 Å². The standard InChI is InChI=1S/C19H20O7S/c1-23-15-9-12(10-16(24-2)19(15)25-3)14(21)11-26-18(22)7-6-13(20)17-5-4-8-27-17/h4-5,8-10H,6-7,11H2,1-3H3. The maximum Gasteiger partial charge on any atom is 0.306 e. The molecule has 2 aromatic rings. The van der Waals surface area contributed by atoms with E-state index in [0.29, 0.717) is 22.1 Å². The number of thiophene rings is 1. The molecule has 0 spiro atoms. The van der Waals surface area contributed by atoms with Gasteiger partial charge in [0, 0.05) is 12.0 Å². The Bertz CT molecular complexity index is 786. The fourth-order valence-corrected chi connectivity index (χ4v) is 3.01. The number of carbonyl (C=O) groups is 3. The number of rotatable bonds is 10. The first-order valence-electron chi connectivity index (χ1n) is 8.05. The molecule has 1 heterocycles. The summed E-state index contributed by atoms with van der Waals surface area (Å²) in [5.74, 6) is -0.146. The summed E-state index contributed by atoms with van der Waals surface area (Å²) < 4.78 is 20.6. The highest BCUT2D eigenvalue weighted by atomic mass is 32.1. The van der Waals surface area contributed by atoms with Crippen LogP contribution in [0.3, 0.4) is 0 Å². The minimum atomic E-state index is -0.610. The molecule has 144 valence electrons. The Kier molecular flexibility index (Phi) is 7.36. The average Bonchev–Trinajstić information content (AvgIpc) is 3.23. The van der Waals surface area contributed by atoms with Gasteiger partial charge in [-0.1, -0.05) is 6.07 Å². The molecule has 0 aliphatic carbocycles. The van der Waals surface area contributed by atoms with Gasteiger partial charge in [-0.15, -0.1) is 11.3 Å². The maximum absolute atomic E-state index is 12.3. The minimum absolute atomic E-state index is 0.0394. The summed E-state index contributed by atoms with van der Waals surface area (Å²) in [6.45, 7) is -0.440. The van der Waals surface area contributed by atoms with Gasteiger partial charge in [-0.3, -0.25) is 14.4 Å². The third-order valence-electron chi connectivity index (χ3n) is 3.70. The molecule has 8 heteroatoms. The van der Waals surface area contributed by atoms with Gasteiger partial charge in [0.2, 0.25) is 11.5 Å². The van der Waals surface area contributed by atoms with Crippen molar-refractivity contribution in [2.45, 2.75) is 12.8 Å². The Balaban J connectivity index is 1.93. The van der Waals surface area contributed by atoms with Gasteiger partial charge in [0.15, 0.2) is 23.9 Å². The molecular weight excluding hydrogens is 372 g/mol. The normalized spacial score (nSPS) is 10.2. The Morgan fingerprint density at radius 1 is 0.926 bits per heavy atom. The predicted octanol–water partition coefficient (Wildman–Crippen LogP) is 3.16. The molecular formula is C19H20O7S. The van der Waals surface area contributed by atoms with Gasteiger partial charge in [0.05, 0.1) is 32.6 Å². The smallest absolute Gasteiger partial charge is 0.306 e. The van der Waals surface area contributed by atoms with E-state index in [0.717, 1.165) is 0 Å². The SMILES string of the molecule is COc1cc(C(=O)COC(=O)CCC(=O)c2cccs2)cc(OC)c1OC. The molecule has 0 atom stereocenters. The van der Waals surface area contributed by atoms with Crippen LogP contribution in [-0.4, -0.2) is 45.5 Å². The van der Waals surface area contributed by atoms with Gasteiger partial charge in [-0.05, 0) is 23.6 Å². The minimum Gasteiger partial charge on any atom is -0.493 e. The molecule has 0 saturated carbocycles. The number of carbonyl (C=O) groups excluding carboxylic acids is 3. The molecule has 0 aliphatic heterocycles. The van der Waals surface area contributed by atoms with E-state index in [4.69, 9.17) is 18.9 Å². The van der Waals surface area contributed by atoms with E-state index in [9.17, 15) is 14.4 Å². The first-order valence-corrected chi connectivity index (χ1v) is 8.93. The average molecular weight is 392 g/mol. The van der Waals surface area contributed by atoms with Crippen molar-refractivity contribution in [1.29, 1.82) is 0 Å². The topological polar surface area (TPSA) is 88.1 Å². The quantitative estimate of drug-likeness (QED) is 0.453. The van der Waals surface area contributed by atoms with Crippen molar-refractivity contribution in [3.8, 4) is 17.2 Å². The summed E-state index contributed by atoms with van der Waals surface area (Å²) in [6.07, 6.45) is -0.0447. The molecule has 1 aromatic heterocycles. The lowest BCUT2D eigenvalue weighted by Gasteiger charge is -2.13. The number of benzene rings is 1. The van der Waals surface area contributed by atoms with Crippen molar-refractivity contribution in [2.75, 3.05) is 27.9 Å². The molecule has 0 amide bonds. The van der Waals surface area contributed by atoms with Crippen molar-refractivity contribution in [3.63, 3.8) is 0 Å². The summed E-state index contributed by atoms with van der Waals surface area (Å²) in [5, 5.41) is 1.79. The van der Waals surface area contributed by atoms with Crippen molar-refractivity contribution in [1.82, 2.24) is 0 Å². The molecule has 0 aliphatic rings. The second-order valence-corrected chi connectivity index (χ2v) is 6.35. The second kappa shape index (κ2) is 9.72. The molecule has 0 saturated heterocycles. The van der Waals surface area contributed by atoms with E-state index < -0.39 is 18.4 Å². The van der Waals surface area contributed by atoms with Crippen molar-refractivity contribution in [3.05, 3.63) is 40.1 Å². The number of ketones is 2. The summed E-state index contributed by atoms with van der Waals surface area (Å²) in [5.41, 5.74) is 0.256. The number of ether oxygens (including phenoxy) is 4. The lowest BCUT2D eigenvalue weighted by Crippen LogP contribution is -2.15. The first-order chi connectivity index (χ1) is 13.0. The second-order valence-electron chi connectivity index (χ2n) is 5.40. The number of esters is 1. The lowest BCUT2D eigenvalue weighted by atomic mass is 10.1. The van der Waals surface area contributed by atoms with Crippen molar-refractivity contribution < 1.29 is 33.3 Å². The Hall–Kier alpha value is -2.87. The number of methoxy groups -OCH3 is 3. The van der Waals surface area contributed by atoms with Crippen LogP contribution >= 0.6 is 11.3 Å². The monoisotopic (exact) mass is 392 g/mol. The van der Waals surface area contributed by atoms with E-state index in [1.54, 1.807) is 17.5 Å². The molecule has 0 unspecified atom stereocenters. The van der Waals surface area contributed by atoms with Gasteiger partial charge in [-0.2, -0.15) is 0 Å². The summed E-state index contributed by atoms with van der Waals surface area (Å²) in [7, 11) is 4.34. The van der Waals surface area contributed by atoms with Crippen LogP contribution in [0.4, 0.5) is 0 Å². The Morgan fingerprint density at radius 2 is 1.59 bits per heavy atom. The van der Waals surface area contributed by atoms with E-state index in [2.05, 4.69) is 0 Å². The van der Waals surface area contributed by atoms with E-state index in [1.165, 1.54) is 44.8 Å². The zero-order valence-electron chi connectivity index (χ0n) is 15.3. The molecule has 0 N–H and O–H groups in total. The molecule has 7 nitrogen and oxygen atoms in total. The summed E-state index contributed by atoms with van der Waals surface area (Å²) in [4.78, 5) is 36.6. The summed E-state index contributed by atoms with van der Waals surface area (Å²) >= 11 is 1.32. The Labute approximate surface area is 160 Å². The molecule has 27 heavy (non-hydrogen) atoms. The van der Waals surface area contributed by atoms with Crippen LogP contribution in [0, 0.1) is 0 Å². The van der Waals surface area contributed by atoms with Crippen LogP contribution in [0.5, 0.6) is 17.2 Å². The van der Waals surface area contributed by atoms with Crippen LogP contribution in [0.2, 0.25) is 0 Å². The largest absolute Gasteiger partial charge is 0.493 e. The third kappa shape index (κ3) is 5.30. The fraction of sp³-hybridized carbons (Fsp3) is 0.316. The predicted molar refractivity (Wildman–Crippen MR) is 99.3 cm³/mol. The number of Topliss-reactive ketones (excluding diaryl/α,β-unsaturated/α-hetero) is 2. The van der Waals surface area contributed by atoms with E-state index >= 15 is 0 Å². The lowest BCUT2D eigenvalue weighted by molar-refractivity contribution is -0.142. The van der Waals surface area contributed by atoms with Gasteiger partial charge in [-0.25, -0.2) is 0 Å². The highest BCUT2D eigenvalue weighted by molar-refractivity contribution is 7.12. The van der Waals surface area contributed by atoms with Gasteiger partial charge in [0.1, 0.15) is 0 Å². The first kappa shape index (κ1) is 20.4. The number of hydrogen-bond acceptors (Lipinski definition) is 8. The third-order valence-corrected chi connectivity index (χ3v) is 4.61. The van der Waals surface area contributed by atoms with Gasteiger partial charge >= 0.3 is 5.97 Å². The summed E-state index contributed by atoms with van der Waals surface area (Å²) in [6, 6.07) is 6.44. The Morgan fingerprint density at radius 3 is 2.11 bits per heavy atom. The van der Waals surface area contributed by atoms with E-state index in [1.807, 2.05) is 0 Å². The molecule has 0 bridgehead atoms. The highest BCUT2D eigenvalue weighted by Gasteiger charge is 2.18. The molecule has 0 fully saturated rings. The zero-order chi connectivity index (χ0) is 19.8. The van der Waals surface area contributed by atoms with E-state index in [-0.39, 0.29) is 24.2 Å². The fourth-order valence-electron chi connectivity index (χ4n) is 2.32. The molecule has 2 rings (SSSR count). The number of hydrogen-bond donors (Lipinski definition) is 0. The highest BCUT2D eigenvalue weighted by Crippen LogP contribution is 2.38.